The van der Waals surface area contributed by atoms with Crippen molar-refractivity contribution in [3.05, 3.63) is 69.5 Å². The monoisotopic (exact) mass is 368 g/mol. The Bertz CT molecular complexity index is 716. The number of amides is 2. The largest absolute Gasteiger partial charge is 0.354 e. The van der Waals surface area contributed by atoms with Crippen LogP contribution in [0.2, 0.25) is 10.0 Å². The maximum atomic E-state index is 13.6. The summed E-state index contributed by atoms with van der Waals surface area (Å²) in [6.45, 7) is 0.154. The molecule has 7 heteroatoms. The molecule has 24 heavy (non-hydrogen) atoms. The predicted octanol–water partition coefficient (Wildman–Crippen LogP) is 3.22. The van der Waals surface area contributed by atoms with E-state index in [0.717, 1.165) is 11.6 Å². The van der Waals surface area contributed by atoms with Gasteiger partial charge in [-0.1, -0.05) is 41.4 Å². The molecule has 0 saturated carbocycles. The number of hydrogen-bond acceptors (Lipinski definition) is 2. The Balaban J connectivity index is 1.76. The lowest BCUT2D eigenvalue weighted by Crippen LogP contribution is -2.38. The second-order valence-corrected chi connectivity index (χ2v) is 5.85. The lowest BCUT2D eigenvalue weighted by molar-refractivity contribution is -0.120. The van der Waals surface area contributed by atoms with Gasteiger partial charge < -0.3 is 10.6 Å². The van der Waals surface area contributed by atoms with E-state index in [1.165, 1.54) is 12.1 Å². The molecule has 4 nitrogen and oxygen atoms in total. The summed E-state index contributed by atoms with van der Waals surface area (Å²) in [6.07, 6.45) is 0.635. The van der Waals surface area contributed by atoms with Gasteiger partial charge in [-0.05, 0) is 36.2 Å². The maximum Gasteiger partial charge on any atom is 0.256 e. The minimum Gasteiger partial charge on any atom is -0.354 e. The molecule has 2 N–H and O–H groups in total. The van der Waals surface area contributed by atoms with Gasteiger partial charge in [0.2, 0.25) is 5.91 Å². The molecule has 0 aliphatic rings. The highest BCUT2D eigenvalue weighted by atomic mass is 35.5. The zero-order chi connectivity index (χ0) is 17.5. The van der Waals surface area contributed by atoms with Crippen LogP contribution in [-0.4, -0.2) is 24.9 Å². The second kappa shape index (κ2) is 8.66. The summed E-state index contributed by atoms with van der Waals surface area (Å²) in [5, 5.41) is 5.66. The summed E-state index contributed by atoms with van der Waals surface area (Å²) in [5.74, 6) is -1.83. The van der Waals surface area contributed by atoms with Gasteiger partial charge in [-0.3, -0.25) is 9.59 Å². The molecule has 0 unspecified atom stereocenters. The summed E-state index contributed by atoms with van der Waals surface area (Å²) in [6, 6.07) is 11.2. The van der Waals surface area contributed by atoms with Gasteiger partial charge in [0.25, 0.3) is 5.91 Å². The number of carbonyl (C=O) groups is 2. The first kappa shape index (κ1) is 18.2. The molecule has 0 aliphatic carbocycles. The Hall–Kier alpha value is -2.11. The van der Waals surface area contributed by atoms with Crippen molar-refractivity contribution in [3.63, 3.8) is 0 Å². The Morgan fingerprint density at radius 2 is 1.71 bits per heavy atom. The van der Waals surface area contributed by atoms with Crippen LogP contribution in [0.25, 0.3) is 0 Å². The van der Waals surface area contributed by atoms with Crippen LogP contribution in [0.3, 0.4) is 0 Å². The molecule has 0 atom stereocenters. The van der Waals surface area contributed by atoms with Crippen LogP contribution < -0.4 is 10.6 Å². The van der Waals surface area contributed by atoms with E-state index in [4.69, 9.17) is 23.2 Å². The summed E-state index contributed by atoms with van der Waals surface area (Å²) in [4.78, 5) is 23.6. The molecule has 2 aromatic rings. The average molecular weight is 369 g/mol. The smallest absolute Gasteiger partial charge is 0.256 e. The summed E-state index contributed by atoms with van der Waals surface area (Å²) in [5.41, 5.74) is 0.759. The predicted molar refractivity (Wildman–Crippen MR) is 91.9 cm³/mol. The second-order valence-electron chi connectivity index (χ2n) is 5.01. The molecule has 2 amide bonds. The van der Waals surface area contributed by atoms with Crippen molar-refractivity contribution in [1.82, 2.24) is 10.6 Å². The van der Waals surface area contributed by atoms with Gasteiger partial charge in [0.15, 0.2) is 0 Å². The average Bonchev–Trinajstić information content (AvgIpc) is 2.54. The molecule has 2 rings (SSSR count). The highest BCUT2D eigenvalue weighted by Crippen LogP contribution is 2.18. The summed E-state index contributed by atoms with van der Waals surface area (Å²) >= 11 is 11.6. The molecule has 0 aliphatic heterocycles. The van der Waals surface area contributed by atoms with Gasteiger partial charge in [-0.15, -0.1) is 0 Å². The van der Waals surface area contributed by atoms with E-state index in [1.807, 2.05) is 12.1 Å². The Morgan fingerprint density at radius 3 is 2.38 bits per heavy atom. The third kappa shape index (κ3) is 5.22. The van der Waals surface area contributed by atoms with Crippen molar-refractivity contribution in [2.45, 2.75) is 6.42 Å². The Kier molecular flexibility index (Phi) is 6.58. The van der Waals surface area contributed by atoms with Gasteiger partial charge in [-0.25, -0.2) is 4.39 Å². The fourth-order valence-corrected chi connectivity index (χ4v) is 2.40. The highest BCUT2D eigenvalue weighted by molar-refractivity contribution is 6.33. The molecule has 0 bridgehead atoms. The van der Waals surface area contributed by atoms with Gasteiger partial charge in [-0.2, -0.15) is 0 Å². The molecule has 0 aromatic heterocycles. The number of nitrogens with one attached hydrogen (secondary N) is 2. The van der Waals surface area contributed by atoms with E-state index in [-0.39, 0.29) is 23.0 Å². The van der Waals surface area contributed by atoms with Crippen molar-refractivity contribution in [3.8, 4) is 0 Å². The molecular formula is C17H15Cl2FN2O2. The molecule has 0 spiro atoms. The quantitative estimate of drug-likeness (QED) is 0.822. The van der Waals surface area contributed by atoms with Crippen molar-refractivity contribution >= 4 is 35.0 Å². The van der Waals surface area contributed by atoms with E-state index in [2.05, 4.69) is 10.6 Å². The van der Waals surface area contributed by atoms with Crippen LogP contribution in [-0.2, 0) is 11.2 Å². The molecule has 0 radical (unpaired) electrons. The Morgan fingerprint density at radius 1 is 1.00 bits per heavy atom. The Labute approximate surface area is 149 Å². The number of rotatable bonds is 6. The van der Waals surface area contributed by atoms with Gasteiger partial charge in [0.1, 0.15) is 5.82 Å². The van der Waals surface area contributed by atoms with E-state index in [0.29, 0.717) is 18.0 Å². The van der Waals surface area contributed by atoms with Gasteiger partial charge >= 0.3 is 0 Å². The minimum atomic E-state index is -0.733. The fraction of sp³-hybridized carbons (Fsp3) is 0.176. The van der Waals surface area contributed by atoms with Gasteiger partial charge in [0.05, 0.1) is 17.1 Å². The lowest BCUT2D eigenvalue weighted by atomic mass is 10.1. The zero-order valence-electron chi connectivity index (χ0n) is 12.6. The molecule has 0 fully saturated rings. The van der Waals surface area contributed by atoms with E-state index in [1.54, 1.807) is 12.1 Å². The number of benzene rings is 2. The maximum absolute atomic E-state index is 13.6. The van der Waals surface area contributed by atoms with E-state index in [9.17, 15) is 14.0 Å². The minimum absolute atomic E-state index is 0.00403. The van der Waals surface area contributed by atoms with Crippen LogP contribution in [0.1, 0.15) is 15.9 Å². The van der Waals surface area contributed by atoms with E-state index >= 15 is 0 Å². The van der Waals surface area contributed by atoms with Crippen molar-refractivity contribution in [2.75, 3.05) is 13.1 Å². The molecule has 0 heterocycles. The van der Waals surface area contributed by atoms with E-state index < -0.39 is 11.7 Å². The van der Waals surface area contributed by atoms with Crippen molar-refractivity contribution in [1.29, 1.82) is 0 Å². The number of halogens is 3. The zero-order valence-corrected chi connectivity index (χ0v) is 14.1. The molecule has 0 saturated heterocycles. The fourth-order valence-electron chi connectivity index (χ4n) is 2.02. The standard InChI is InChI=1S/C17H15Cl2FN2O2/c18-12-6-4-11(5-7-12)8-9-21-15(23)10-22-17(24)16-13(19)2-1-3-14(16)20/h1-7H,8-10H2,(H,21,23)(H,22,24). The molecular weight excluding hydrogens is 354 g/mol. The first-order valence-electron chi connectivity index (χ1n) is 7.20. The third-order valence-electron chi connectivity index (χ3n) is 3.25. The van der Waals surface area contributed by atoms with Crippen LogP contribution in [0, 0.1) is 5.82 Å². The van der Waals surface area contributed by atoms with Crippen LogP contribution in [0.15, 0.2) is 42.5 Å². The molecule has 126 valence electrons. The number of hydrogen-bond donors (Lipinski definition) is 2. The summed E-state index contributed by atoms with van der Waals surface area (Å²) in [7, 11) is 0. The van der Waals surface area contributed by atoms with Crippen molar-refractivity contribution in [2.24, 2.45) is 0 Å². The third-order valence-corrected chi connectivity index (χ3v) is 3.82. The topological polar surface area (TPSA) is 58.2 Å². The highest BCUT2D eigenvalue weighted by Gasteiger charge is 2.16. The van der Waals surface area contributed by atoms with Crippen LogP contribution in [0.5, 0.6) is 0 Å². The number of carbonyl (C=O) groups excluding carboxylic acids is 2. The SMILES string of the molecule is O=C(CNC(=O)c1c(F)cccc1Cl)NCCc1ccc(Cl)cc1. The first-order chi connectivity index (χ1) is 11.5. The first-order valence-corrected chi connectivity index (χ1v) is 7.96. The normalized spacial score (nSPS) is 10.3. The molecule has 2 aromatic carbocycles. The van der Waals surface area contributed by atoms with Gasteiger partial charge in [0, 0.05) is 11.6 Å². The summed E-state index contributed by atoms with van der Waals surface area (Å²) < 4.78 is 13.6. The van der Waals surface area contributed by atoms with Crippen LogP contribution in [0.4, 0.5) is 4.39 Å². The lowest BCUT2D eigenvalue weighted by Gasteiger charge is -2.08. The van der Waals surface area contributed by atoms with Crippen LogP contribution >= 0.6 is 23.2 Å². The van der Waals surface area contributed by atoms with Crippen molar-refractivity contribution < 1.29 is 14.0 Å².